The zero-order chi connectivity index (χ0) is 6.69. The van der Waals surface area contributed by atoms with Crippen LogP contribution in [0.25, 0.3) is 5.70 Å². The molecule has 0 amide bonds. The molecule has 0 saturated carbocycles. The van der Waals surface area contributed by atoms with E-state index < -0.39 is 0 Å². The predicted octanol–water partition coefficient (Wildman–Crippen LogP) is 1.56. The number of aliphatic hydroxyl groups is 1. The minimum absolute atomic E-state index is 0.421. The summed E-state index contributed by atoms with van der Waals surface area (Å²) < 4.78 is 0. The molecule has 0 spiro atoms. The Kier molecular flexibility index (Phi) is 1.75. The van der Waals surface area contributed by atoms with Crippen LogP contribution in [0.1, 0.15) is 4.88 Å². The Morgan fingerprint density at radius 1 is 1.78 bits per heavy atom. The molecule has 3 N–H and O–H groups in total. The number of rotatable bonds is 1. The van der Waals surface area contributed by atoms with Crippen LogP contribution in [-0.2, 0) is 0 Å². The molecule has 1 heterocycles. The van der Waals surface area contributed by atoms with Crippen molar-refractivity contribution in [3.8, 4) is 0 Å². The molecule has 1 rings (SSSR count). The van der Waals surface area contributed by atoms with Gasteiger partial charge in [-0.3, -0.25) is 0 Å². The first-order valence-corrected chi connectivity index (χ1v) is 3.36. The lowest BCUT2D eigenvalue weighted by atomic mass is 10.4. The standard InChI is InChI=1S/C6H7NOS/c7-5(4-8)6-2-1-3-9-6/h1-4,8H,7H2/b5-4-. The Morgan fingerprint density at radius 2 is 2.56 bits per heavy atom. The van der Waals surface area contributed by atoms with E-state index in [2.05, 4.69) is 0 Å². The summed E-state index contributed by atoms with van der Waals surface area (Å²) in [5.41, 5.74) is 5.78. The molecule has 1 aromatic heterocycles. The third-order valence-electron chi connectivity index (χ3n) is 0.945. The lowest BCUT2D eigenvalue weighted by Crippen LogP contribution is -1.91. The molecule has 0 aliphatic rings. The van der Waals surface area contributed by atoms with Gasteiger partial charge in [0.25, 0.3) is 0 Å². The summed E-state index contributed by atoms with van der Waals surface area (Å²) in [6.07, 6.45) is 0.909. The topological polar surface area (TPSA) is 46.2 Å². The number of hydrogen-bond donors (Lipinski definition) is 2. The van der Waals surface area contributed by atoms with Gasteiger partial charge in [-0.2, -0.15) is 0 Å². The van der Waals surface area contributed by atoms with Gasteiger partial charge in [-0.25, -0.2) is 0 Å². The number of nitrogens with two attached hydrogens (primary N) is 1. The third kappa shape index (κ3) is 1.23. The van der Waals surface area contributed by atoms with Gasteiger partial charge in [0.1, 0.15) is 6.26 Å². The van der Waals surface area contributed by atoms with Crippen LogP contribution in [-0.4, -0.2) is 5.11 Å². The zero-order valence-corrected chi connectivity index (χ0v) is 5.56. The van der Waals surface area contributed by atoms with Crippen LogP contribution in [0.4, 0.5) is 0 Å². The van der Waals surface area contributed by atoms with Crippen LogP contribution >= 0.6 is 11.3 Å². The second-order valence-corrected chi connectivity index (χ2v) is 2.51. The minimum Gasteiger partial charge on any atom is -0.513 e. The summed E-state index contributed by atoms with van der Waals surface area (Å²) >= 11 is 1.50. The molecule has 0 unspecified atom stereocenters. The quantitative estimate of drug-likeness (QED) is 0.583. The van der Waals surface area contributed by atoms with E-state index in [0.717, 1.165) is 11.1 Å². The van der Waals surface area contributed by atoms with Crippen molar-refractivity contribution in [1.29, 1.82) is 0 Å². The van der Waals surface area contributed by atoms with Crippen molar-refractivity contribution in [2.75, 3.05) is 0 Å². The predicted molar refractivity (Wildman–Crippen MR) is 39.1 cm³/mol. The Hall–Kier alpha value is -0.960. The van der Waals surface area contributed by atoms with E-state index in [1.807, 2.05) is 17.5 Å². The summed E-state index contributed by atoms with van der Waals surface area (Å²) in [5, 5.41) is 10.3. The molecule has 9 heavy (non-hydrogen) atoms. The lowest BCUT2D eigenvalue weighted by molar-refractivity contribution is 0.475. The summed E-state index contributed by atoms with van der Waals surface area (Å²) in [6.45, 7) is 0. The molecule has 0 radical (unpaired) electrons. The van der Waals surface area contributed by atoms with Gasteiger partial charge in [-0.1, -0.05) is 6.07 Å². The molecule has 0 fully saturated rings. The Balaban J connectivity index is 2.90. The van der Waals surface area contributed by atoms with Gasteiger partial charge in [0.05, 0.1) is 10.6 Å². The molecule has 0 aromatic carbocycles. The summed E-state index contributed by atoms with van der Waals surface area (Å²) in [4.78, 5) is 0.900. The molecule has 0 aliphatic heterocycles. The summed E-state index contributed by atoms with van der Waals surface area (Å²) in [5.74, 6) is 0. The molecular formula is C6H7NOS. The maximum Gasteiger partial charge on any atom is 0.104 e. The average Bonchev–Trinajstić information content (AvgIpc) is 2.37. The van der Waals surface area contributed by atoms with Gasteiger partial charge >= 0.3 is 0 Å². The average molecular weight is 141 g/mol. The maximum absolute atomic E-state index is 8.43. The van der Waals surface area contributed by atoms with Crippen LogP contribution < -0.4 is 5.73 Å². The fourth-order valence-electron chi connectivity index (χ4n) is 0.506. The van der Waals surface area contributed by atoms with Crippen molar-refractivity contribution >= 4 is 17.0 Å². The smallest absolute Gasteiger partial charge is 0.104 e. The van der Waals surface area contributed by atoms with E-state index in [1.165, 1.54) is 11.3 Å². The monoisotopic (exact) mass is 141 g/mol. The summed E-state index contributed by atoms with van der Waals surface area (Å²) in [7, 11) is 0. The van der Waals surface area contributed by atoms with E-state index in [-0.39, 0.29) is 0 Å². The second-order valence-electron chi connectivity index (χ2n) is 1.56. The van der Waals surface area contributed by atoms with E-state index >= 15 is 0 Å². The van der Waals surface area contributed by atoms with Gasteiger partial charge in [0.15, 0.2) is 0 Å². The molecule has 48 valence electrons. The molecule has 0 aliphatic carbocycles. The van der Waals surface area contributed by atoms with E-state index in [9.17, 15) is 0 Å². The fraction of sp³-hybridized carbons (Fsp3) is 0. The molecule has 0 bridgehead atoms. The van der Waals surface area contributed by atoms with Crippen LogP contribution in [0.2, 0.25) is 0 Å². The van der Waals surface area contributed by atoms with E-state index in [1.54, 1.807) is 0 Å². The minimum atomic E-state index is 0.421. The Morgan fingerprint density at radius 3 is 3.00 bits per heavy atom. The molecule has 3 heteroatoms. The normalized spacial score (nSPS) is 11.8. The molecule has 0 atom stereocenters. The highest BCUT2D eigenvalue weighted by atomic mass is 32.1. The largest absolute Gasteiger partial charge is 0.513 e. The second kappa shape index (κ2) is 2.55. The highest BCUT2D eigenvalue weighted by Gasteiger charge is 1.93. The number of thiophene rings is 1. The van der Waals surface area contributed by atoms with Crippen LogP contribution in [0.15, 0.2) is 23.8 Å². The van der Waals surface area contributed by atoms with Crippen molar-refractivity contribution in [1.82, 2.24) is 0 Å². The van der Waals surface area contributed by atoms with Crippen LogP contribution in [0, 0.1) is 0 Å². The van der Waals surface area contributed by atoms with Crippen molar-refractivity contribution in [2.45, 2.75) is 0 Å². The third-order valence-corrected chi connectivity index (χ3v) is 1.86. The Bertz CT molecular complexity index is 203. The van der Waals surface area contributed by atoms with Gasteiger partial charge < -0.3 is 10.8 Å². The number of aliphatic hydroxyl groups excluding tert-OH is 1. The van der Waals surface area contributed by atoms with Crippen molar-refractivity contribution in [3.63, 3.8) is 0 Å². The molecular weight excluding hydrogens is 134 g/mol. The van der Waals surface area contributed by atoms with Crippen molar-refractivity contribution in [2.24, 2.45) is 5.73 Å². The fourth-order valence-corrected chi connectivity index (χ4v) is 1.16. The highest BCUT2D eigenvalue weighted by molar-refractivity contribution is 7.11. The first-order valence-electron chi connectivity index (χ1n) is 2.48. The van der Waals surface area contributed by atoms with Gasteiger partial charge in [-0.05, 0) is 11.4 Å². The van der Waals surface area contributed by atoms with Crippen LogP contribution in [0.5, 0.6) is 0 Å². The highest BCUT2D eigenvalue weighted by Crippen LogP contribution is 2.14. The maximum atomic E-state index is 8.43. The van der Waals surface area contributed by atoms with Crippen LogP contribution in [0.3, 0.4) is 0 Å². The van der Waals surface area contributed by atoms with Crippen molar-refractivity contribution in [3.05, 3.63) is 28.7 Å². The zero-order valence-electron chi connectivity index (χ0n) is 4.74. The van der Waals surface area contributed by atoms with Gasteiger partial charge in [0, 0.05) is 0 Å². The van der Waals surface area contributed by atoms with Crippen molar-refractivity contribution < 1.29 is 5.11 Å². The Labute approximate surface area is 57.2 Å². The van der Waals surface area contributed by atoms with Gasteiger partial charge in [0.2, 0.25) is 0 Å². The number of hydrogen-bond acceptors (Lipinski definition) is 3. The lowest BCUT2D eigenvalue weighted by Gasteiger charge is -1.89. The molecule has 0 saturated heterocycles. The first-order chi connectivity index (χ1) is 4.34. The molecule has 1 aromatic rings. The van der Waals surface area contributed by atoms with Gasteiger partial charge in [-0.15, -0.1) is 11.3 Å². The van der Waals surface area contributed by atoms with E-state index in [4.69, 9.17) is 10.8 Å². The van der Waals surface area contributed by atoms with E-state index in [0.29, 0.717) is 5.70 Å². The molecule has 2 nitrogen and oxygen atoms in total. The first kappa shape index (κ1) is 6.16. The summed E-state index contributed by atoms with van der Waals surface area (Å²) in [6, 6.07) is 3.74. The SMILES string of the molecule is N/C(=C\O)c1cccs1.